The zero-order chi connectivity index (χ0) is 15.4. The van der Waals surface area contributed by atoms with E-state index >= 15 is 0 Å². The lowest BCUT2D eigenvalue weighted by atomic mass is 9.94. The fourth-order valence-electron chi connectivity index (χ4n) is 3.72. The minimum absolute atomic E-state index is 0.0641. The summed E-state index contributed by atoms with van der Waals surface area (Å²) >= 11 is 0. The number of primary amides is 1. The Kier molecular flexibility index (Phi) is 3.32. The van der Waals surface area contributed by atoms with E-state index in [-0.39, 0.29) is 16.7 Å². The van der Waals surface area contributed by atoms with Crippen LogP contribution in [0.5, 0.6) is 0 Å². The van der Waals surface area contributed by atoms with Gasteiger partial charge in [0, 0.05) is 13.6 Å². The van der Waals surface area contributed by atoms with Crippen molar-refractivity contribution < 1.29 is 13.2 Å². The largest absolute Gasteiger partial charge is 0.368 e. The fourth-order valence-corrected chi connectivity index (χ4v) is 5.61. The van der Waals surface area contributed by atoms with E-state index in [2.05, 4.69) is 5.10 Å². The number of hydrogen-bond donors (Lipinski definition) is 1. The molecule has 1 aliphatic heterocycles. The summed E-state index contributed by atoms with van der Waals surface area (Å²) in [5.74, 6) is -0.238. The zero-order valence-electron chi connectivity index (χ0n) is 12.2. The number of nitrogens with two attached hydrogens (primary N) is 1. The number of sulfonamides is 1. The molecule has 8 heteroatoms. The second-order valence-corrected chi connectivity index (χ2v) is 7.85. The van der Waals surface area contributed by atoms with Gasteiger partial charge >= 0.3 is 0 Å². The molecular formula is C13H20N4O3S. The average Bonchev–Trinajstić information content (AvgIpc) is 3.04. The second-order valence-electron chi connectivity index (χ2n) is 5.99. The molecule has 21 heavy (non-hydrogen) atoms. The first-order chi connectivity index (χ1) is 9.84. The van der Waals surface area contributed by atoms with Gasteiger partial charge in [0.2, 0.25) is 15.9 Å². The Morgan fingerprint density at radius 2 is 2.14 bits per heavy atom. The van der Waals surface area contributed by atoms with Crippen molar-refractivity contribution in [3.63, 3.8) is 0 Å². The van der Waals surface area contributed by atoms with E-state index < -0.39 is 22.0 Å². The molecule has 3 rings (SSSR count). The molecule has 0 aromatic carbocycles. The molecule has 3 atom stereocenters. The van der Waals surface area contributed by atoms with Crippen LogP contribution < -0.4 is 5.73 Å². The first-order valence-corrected chi connectivity index (χ1v) is 8.58. The first-order valence-electron chi connectivity index (χ1n) is 7.14. The number of carbonyl (C=O) groups excluding carboxylic acids is 1. The van der Waals surface area contributed by atoms with E-state index in [1.165, 1.54) is 15.2 Å². The maximum Gasteiger partial charge on any atom is 0.247 e. The van der Waals surface area contributed by atoms with Crippen LogP contribution >= 0.6 is 0 Å². The number of amides is 1. The van der Waals surface area contributed by atoms with Crippen LogP contribution in [-0.2, 0) is 21.9 Å². The highest BCUT2D eigenvalue weighted by Gasteiger charge is 2.51. The monoisotopic (exact) mass is 312 g/mol. The molecule has 1 aromatic rings. The van der Waals surface area contributed by atoms with Gasteiger partial charge in [-0.25, -0.2) is 8.42 Å². The van der Waals surface area contributed by atoms with Crippen molar-refractivity contribution in [3.8, 4) is 0 Å². The molecule has 116 valence electrons. The molecule has 1 saturated heterocycles. The molecule has 1 amide bonds. The third-order valence-electron chi connectivity index (χ3n) is 4.92. The molecule has 7 nitrogen and oxygen atoms in total. The van der Waals surface area contributed by atoms with Crippen LogP contribution in [0.2, 0.25) is 0 Å². The van der Waals surface area contributed by atoms with E-state index in [1.54, 1.807) is 14.0 Å². The van der Waals surface area contributed by atoms with E-state index in [4.69, 9.17) is 5.73 Å². The quantitative estimate of drug-likeness (QED) is 0.849. The van der Waals surface area contributed by atoms with Gasteiger partial charge in [0.05, 0.1) is 11.9 Å². The van der Waals surface area contributed by atoms with Crippen molar-refractivity contribution in [2.24, 2.45) is 24.6 Å². The lowest BCUT2D eigenvalue weighted by Crippen LogP contribution is -2.46. The van der Waals surface area contributed by atoms with Gasteiger partial charge in [-0.3, -0.25) is 9.48 Å². The van der Waals surface area contributed by atoms with Crippen LogP contribution in [0.3, 0.4) is 0 Å². The minimum atomic E-state index is -3.74. The van der Waals surface area contributed by atoms with Gasteiger partial charge < -0.3 is 5.73 Å². The molecule has 0 spiro atoms. The highest BCUT2D eigenvalue weighted by Crippen LogP contribution is 2.44. The van der Waals surface area contributed by atoms with Gasteiger partial charge in [-0.2, -0.15) is 9.40 Å². The van der Waals surface area contributed by atoms with Gasteiger partial charge in [-0.1, -0.05) is 6.42 Å². The van der Waals surface area contributed by atoms with Crippen molar-refractivity contribution >= 4 is 15.9 Å². The Balaban J connectivity index is 2.02. The van der Waals surface area contributed by atoms with Crippen LogP contribution in [0.15, 0.2) is 11.1 Å². The Morgan fingerprint density at radius 1 is 1.43 bits per heavy atom. The van der Waals surface area contributed by atoms with Crippen molar-refractivity contribution in [1.82, 2.24) is 14.1 Å². The summed E-state index contributed by atoms with van der Waals surface area (Å²) in [6.45, 7) is 2.09. The van der Waals surface area contributed by atoms with Crippen LogP contribution in [0, 0.1) is 18.8 Å². The Bertz CT molecular complexity index is 682. The number of nitrogens with zero attached hydrogens (tertiary/aromatic N) is 3. The van der Waals surface area contributed by atoms with Crippen LogP contribution in [0.25, 0.3) is 0 Å². The number of aryl methyl sites for hydroxylation is 1. The molecule has 2 heterocycles. The molecule has 0 radical (unpaired) electrons. The third kappa shape index (κ3) is 2.08. The molecule has 2 aliphatic rings. The number of hydrogen-bond acceptors (Lipinski definition) is 4. The molecular weight excluding hydrogens is 292 g/mol. The summed E-state index contributed by atoms with van der Waals surface area (Å²) < 4.78 is 28.6. The van der Waals surface area contributed by atoms with Crippen molar-refractivity contribution in [2.45, 2.75) is 37.1 Å². The Labute approximate surface area is 124 Å². The van der Waals surface area contributed by atoms with E-state index in [0.29, 0.717) is 12.2 Å². The molecule has 0 unspecified atom stereocenters. The summed E-state index contributed by atoms with van der Waals surface area (Å²) in [6.07, 6.45) is 4.22. The summed E-state index contributed by atoms with van der Waals surface area (Å²) in [5.41, 5.74) is 6.06. The number of aromatic nitrogens is 2. The Hall–Kier alpha value is -1.41. The van der Waals surface area contributed by atoms with Gasteiger partial charge in [0.15, 0.2) is 0 Å². The SMILES string of the molecule is Cc1c(S(=O)(=O)N2C[C@@H]3CCC[C@H]3[C@@H]2C(N)=O)cnn1C. The number of carbonyl (C=O) groups is 1. The lowest BCUT2D eigenvalue weighted by molar-refractivity contribution is -0.122. The standard InChI is InChI=1S/C13H20N4O3S/c1-8-11(6-15-16(8)2)21(19,20)17-7-9-4-3-5-10(9)12(17)13(14)18/h6,9-10,12H,3-5,7H2,1-2H3,(H2,14,18)/t9-,10+,12+/m0/s1. The molecule has 0 bridgehead atoms. The van der Waals surface area contributed by atoms with E-state index in [1.807, 2.05) is 0 Å². The smallest absolute Gasteiger partial charge is 0.247 e. The summed E-state index contributed by atoms with van der Waals surface area (Å²) in [5, 5.41) is 3.99. The zero-order valence-corrected chi connectivity index (χ0v) is 13.0. The van der Waals surface area contributed by atoms with Gasteiger partial charge in [0.25, 0.3) is 0 Å². The van der Waals surface area contributed by atoms with Crippen LogP contribution in [-0.4, -0.2) is 41.0 Å². The average molecular weight is 312 g/mol. The predicted octanol–water partition coefficient (Wildman–Crippen LogP) is 0.00302. The molecule has 2 fully saturated rings. The number of rotatable bonds is 3. The minimum Gasteiger partial charge on any atom is -0.368 e. The highest BCUT2D eigenvalue weighted by atomic mass is 32.2. The Morgan fingerprint density at radius 3 is 2.71 bits per heavy atom. The maximum atomic E-state index is 12.9. The van der Waals surface area contributed by atoms with Gasteiger partial charge in [-0.15, -0.1) is 0 Å². The van der Waals surface area contributed by atoms with Gasteiger partial charge in [0.1, 0.15) is 10.9 Å². The second kappa shape index (κ2) is 4.81. The number of fused-ring (bicyclic) bond motifs is 1. The highest BCUT2D eigenvalue weighted by molar-refractivity contribution is 7.89. The van der Waals surface area contributed by atoms with E-state index in [9.17, 15) is 13.2 Å². The van der Waals surface area contributed by atoms with Crippen LogP contribution in [0.1, 0.15) is 25.0 Å². The molecule has 1 aliphatic carbocycles. The first kappa shape index (κ1) is 14.5. The lowest BCUT2D eigenvalue weighted by Gasteiger charge is -2.24. The molecule has 1 aromatic heterocycles. The summed E-state index contributed by atoms with van der Waals surface area (Å²) in [7, 11) is -2.04. The molecule has 1 saturated carbocycles. The third-order valence-corrected chi connectivity index (χ3v) is 6.87. The summed E-state index contributed by atoms with van der Waals surface area (Å²) in [6, 6.07) is -0.720. The predicted molar refractivity (Wildman–Crippen MR) is 75.7 cm³/mol. The summed E-state index contributed by atoms with van der Waals surface area (Å²) in [4.78, 5) is 12.0. The normalized spacial score (nSPS) is 29.7. The maximum absolute atomic E-state index is 12.9. The topological polar surface area (TPSA) is 98.3 Å². The van der Waals surface area contributed by atoms with Crippen molar-refractivity contribution in [2.75, 3.05) is 6.54 Å². The fraction of sp³-hybridized carbons (Fsp3) is 0.692. The van der Waals surface area contributed by atoms with Gasteiger partial charge in [-0.05, 0) is 31.6 Å². The van der Waals surface area contributed by atoms with E-state index in [0.717, 1.165) is 19.3 Å². The van der Waals surface area contributed by atoms with Crippen LogP contribution in [0.4, 0.5) is 0 Å². The van der Waals surface area contributed by atoms with Crippen molar-refractivity contribution in [1.29, 1.82) is 0 Å². The molecule has 2 N–H and O–H groups in total. The van der Waals surface area contributed by atoms with Crippen molar-refractivity contribution in [3.05, 3.63) is 11.9 Å².